The van der Waals surface area contributed by atoms with Gasteiger partial charge in [0.25, 0.3) is 0 Å². The molecule has 1 unspecified atom stereocenters. The highest BCUT2D eigenvalue weighted by Gasteiger charge is 2.17. The average Bonchev–Trinajstić information content (AvgIpc) is 2.21. The van der Waals surface area contributed by atoms with Crippen LogP contribution in [0.1, 0.15) is 12.0 Å². The van der Waals surface area contributed by atoms with Crippen molar-refractivity contribution in [1.29, 1.82) is 0 Å². The van der Waals surface area contributed by atoms with E-state index in [-0.39, 0.29) is 12.3 Å². The third kappa shape index (κ3) is 3.83. The molecular formula is C11H15F2NO. The summed E-state index contributed by atoms with van der Waals surface area (Å²) in [5.41, 5.74) is 6.18. The third-order valence-corrected chi connectivity index (χ3v) is 2.40. The van der Waals surface area contributed by atoms with Crippen LogP contribution in [0.3, 0.4) is 0 Å². The predicted octanol–water partition coefficient (Wildman–Crippen LogP) is 2.16. The number of rotatable bonds is 5. The molecule has 1 aromatic carbocycles. The van der Waals surface area contributed by atoms with E-state index in [9.17, 15) is 8.78 Å². The number of aromatic hydroxyl groups is 1. The summed E-state index contributed by atoms with van der Waals surface area (Å²) in [6.07, 6.45) is -1.42. The summed E-state index contributed by atoms with van der Waals surface area (Å²) < 4.78 is 24.7. The summed E-state index contributed by atoms with van der Waals surface area (Å²) in [5, 5.41) is 9.03. The highest BCUT2D eigenvalue weighted by atomic mass is 19.3. The minimum absolute atomic E-state index is 0.00967. The van der Waals surface area contributed by atoms with Crippen molar-refractivity contribution in [2.75, 3.05) is 6.54 Å². The number of hydrogen-bond donors (Lipinski definition) is 2. The molecule has 15 heavy (non-hydrogen) atoms. The van der Waals surface area contributed by atoms with Gasteiger partial charge in [0.05, 0.1) is 0 Å². The molecule has 0 aromatic heterocycles. The Kier molecular flexibility index (Phi) is 4.49. The van der Waals surface area contributed by atoms with Crippen molar-refractivity contribution < 1.29 is 13.9 Å². The fraction of sp³-hybridized carbons (Fsp3) is 0.455. The van der Waals surface area contributed by atoms with E-state index in [1.54, 1.807) is 24.3 Å². The van der Waals surface area contributed by atoms with Crippen molar-refractivity contribution in [3.8, 4) is 5.75 Å². The van der Waals surface area contributed by atoms with Gasteiger partial charge in [-0.1, -0.05) is 12.1 Å². The smallest absolute Gasteiger partial charge is 0.242 e. The van der Waals surface area contributed by atoms with Crippen LogP contribution in [0, 0.1) is 5.92 Å². The SMILES string of the molecule is NCC(CCc1ccc(O)cc1)C(F)F. The first kappa shape index (κ1) is 11.9. The van der Waals surface area contributed by atoms with Gasteiger partial charge < -0.3 is 10.8 Å². The highest BCUT2D eigenvalue weighted by Crippen LogP contribution is 2.17. The van der Waals surface area contributed by atoms with Crippen molar-refractivity contribution in [3.63, 3.8) is 0 Å². The van der Waals surface area contributed by atoms with Crippen molar-refractivity contribution >= 4 is 0 Å². The van der Waals surface area contributed by atoms with Crippen molar-refractivity contribution in [2.45, 2.75) is 19.3 Å². The van der Waals surface area contributed by atoms with Crippen LogP contribution in [-0.2, 0) is 6.42 Å². The molecule has 0 aliphatic heterocycles. The van der Waals surface area contributed by atoms with Gasteiger partial charge in [-0.05, 0) is 30.5 Å². The third-order valence-electron chi connectivity index (χ3n) is 2.40. The summed E-state index contributed by atoms with van der Waals surface area (Å²) in [6, 6.07) is 6.56. The van der Waals surface area contributed by atoms with Crippen LogP contribution in [0.15, 0.2) is 24.3 Å². The Balaban J connectivity index is 2.45. The minimum atomic E-state index is -2.35. The molecule has 0 saturated heterocycles. The topological polar surface area (TPSA) is 46.2 Å². The van der Waals surface area contributed by atoms with Crippen molar-refractivity contribution in [2.24, 2.45) is 11.7 Å². The van der Waals surface area contributed by atoms with Crippen LogP contribution in [0.4, 0.5) is 8.78 Å². The van der Waals surface area contributed by atoms with Gasteiger partial charge in [0, 0.05) is 12.5 Å². The molecule has 1 aromatic rings. The van der Waals surface area contributed by atoms with Gasteiger partial charge in [0.15, 0.2) is 0 Å². The minimum Gasteiger partial charge on any atom is -0.508 e. The second-order valence-corrected chi connectivity index (χ2v) is 3.54. The summed E-state index contributed by atoms with van der Waals surface area (Å²) in [5.74, 6) is -0.554. The first-order chi connectivity index (χ1) is 7.13. The van der Waals surface area contributed by atoms with Gasteiger partial charge in [-0.2, -0.15) is 0 Å². The molecule has 0 radical (unpaired) electrons. The van der Waals surface area contributed by atoms with E-state index in [0.717, 1.165) is 5.56 Å². The van der Waals surface area contributed by atoms with E-state index >= 15 is 0 Å². The van der Waals surface area contributed by atoms with Crippen LogP contribution in [-0.4, -0.2) is 18.1 Å². The van der Waals surface area contributed by atoms with Crippen LogP contribution in [0.5, 0.6) is 5.75 Å². The fourth-order valence-corrected chi connectivity index (χ4v) is 1.36. The summed E-state index contributed by atoms with van der Waals surface area (Å²) >= 11 is 0. The molecule has 4 heteroatoms. The van der Waals surface area contributed by atoms with Gasteiger partial charge in [-0.3, -0.25) is 0 Å². The second-order valence-electron chi connectivity index (χ2n) is 3.54. The molecule has 0 saturated carbocycles. The number of benzene rings is 1. The van der Waals surface area contributed by atoms with E-state index in [2.05, 4.69) is 0 Å². The van der Waals surface area contributed by atoms with E-state index in [0.29, 0.717) is 12.8 Å². The largest absolute Gasteiger partial charge is 0.508 e. The van der Waals surface area contributed by atoms with Crippen molar-refractivity contribution in [1.82, 2.24) is 0 Å². The van der Waals surface area contributed by atoms with E-state index in [1.807, 2.05) is 0 Å². The number of phenolic OH excluding ortho intramolecular Hbond substituents is 1. The molecule has 2 nitrogen and oxygen atoms in total. The Labute approximate surface area is 87.7 Å². The van der Waals surface area contributed by atoms with Crippen LogP contribution in [0.25, 0.3) is 0 Å². The Bertz CT molecular complexity index is 287. The highest BCUT2D eigenvalue weighted by molar-refractivity contribution is 5.25. The Hall–Kier alpha value is -1.16. The molecule has 1 rings (SSSR count). The van der Waals surface area contributed by atoms with Gasteiger partial charge >= 0.3 is 0 Å². The normalized spacial score (nSPS) is 13.1. The number of halogens is 2. The molecule has 0 spiro atoms. The lowest BCUT2D eigenvalue weighted by atomic mass is 10.00. The number of nitrogens with two attached hydrogens (primary N) is 1. The molecule has 0 fully saturated rings. The fourth-order valence-electron chi connectivity index (χ4n) is 1.36. The summed E-state index contributed by atoms with van der Waals surface area (Å²) in [6.45, 7) is 0.00967. The standard InChI is InChI=1S/C11H15F2NO/c12-11(13)9(7-14)4-1-8-2-5-10(15)6-3-8/h2-3,5-6,9,11,15H,1,4,7,14H2. The average molecular weight is 215 g/mol. The van der Waals surface area contributed by atoms with Gasteiger partial charge in [0.1, 0.15) is 5.75 Å². The molecule has 0 bridgehead atoms. The molecule has 0 heterocycles. The lowest BCUT2D eigenvalue weighted by molar-refractivity contribution is 0.0769. The molecule has 0 amide bonds. The van der Waals surface area contributed by atoms with E-state index in [4.69, 9.17) is 10.8 Å². The number of hydrogen-bond acceptors (Lipinski definition) is 2. The van der Waals surface area contributed by atoms with Crippen LogP contribution in [0.2, 0.25) is 0 Å². The van der Waals surface area contributed by atoms with Crippen LogP contribution >= 0.6 is 0 Å². The zero-order valence-corrected chi connectivity index (χ0v) is 8.37. The predicted molar refractivity (Wildman–Crippen MR) is 55.0 cm³/mol. The molecule has 84 valence electrons. The zero-order chi connectivity index (χ0) is 11.3. The Morgan fingerprint density at radius 1 is 1.20 bits per heavy atom. The zero-order valence-electron chi connectivity index (χ0n) is 8.37. The molecule has 3 N–H and O–H groups in total. The van der Waals surface area contributed by atoms with Crippen LogP contribution < -0.4 is 5.73 Å². The molecule has 1 atom stereocenters. The number of aryl methyl sites for hydroxylation is 1. The molecule has 0 aliphatic rings. The van der Waals surface area contributed by atoms with E-state index < -0.39 is 12.3 Å². The summed E-state index contributed by atoms with van der Waals surface area (Å²) in [4.78, 5) is 0. The maximum Gasteiger partial charge on any atom is 0.242 e. The first-order valence-corrected chi connectivity index (χ1v) is 4.89. The quantitative estimate of drug-likeness (QED) is 0.790. The number of phenols is 1. The summed E-state index contributed by atoms with van der Waals surface area (Å²) in [7, 11) is 0. The number of alkyl halides is 2. The molecular weight excluding hydrogens is 200 g/mol. The Morgan fingerprint density at radius 2 is 1.80 bits per heavy atom. The first-order valence-electron chi connectivity index (χ1n) is 4.89. The van der Waals surface area contributed by atoms with Gasteiger partial charge in [0.2, 0.25) is 6.43 Å². The lowest BCUT2D eigenvalue weighted by Gasteiger charge is -2.12. The van der Waals surface area contributed by atoms with E-state index in [1.165, 1.54) is 0 Å². The maximum atomic E-state index is 12.3. The maximum absolute atomic E-state index is 12.3. The monoisotopic (exact) mass is 215 g/mol. The Morgan fingerprint density at radius 3 is 2.27 bits per heavy atom. The molecule has 0 aliphatic carbocycles. The van der Waals surface area contributed by atoms with Crippen molar-refractivity contribution in [3.05, 3.63) is 29.8 Å². The van der Waals surface area contributed by atoms with Gasteiger partial charge in [-0.25, -0.2) is 8.78 Å². The lowest BCUT2D eigenvalue weighted by Crippen LogP contribution is -2.22. The second kappa shape index (κ2) is 5.66. The van der Waals surface area contributed by atoms with Gasteiger partial charge in [-0.15, -0.1) is 0 Å².